The lowest BCUT2D eigenvalue weighted by molar-refractivity contribution is -0.119. The van der Waals surface area contributed by atoms with Crippen LogP contribution in [0.4, 0.5) is 10.1 Å². The van der Waals surface area contributed by atoms with Crippen LogP contribution in [0.5, 0.6) is 0 Å². The maximum Gasteiger partial charge on any atom is 0.281 e. The van der Waals surface area contributed by atoms with Gasteiger partial charge in [0.2, 0.25) is 0 Å². The largest absolute Gasteiger partial charge is 0.284 e. The third-order valence-corrected chi connectivity index (χ3v) is 5.99. The molecule has 1 amide bonds. The van der Waals surface area contributed by atoms with E-state index < -0.39 is 0 Å². The summed E-state index contributed by atoms with van der Waals surface area (Å²) in [5.41, 5.74) is 4.91. The lowest BCUT2D eigenvalue weighted by Crippen LogP contribution is -2.45. The van der Waals surface area contributed by atoms with E-state index in [2.05, 4.69) is 10.5 Å². The molecule has 0 aromatic heterocycles. The van der Waals surface area contributed by atoms with Gasteiger partial charge < -0.3 is 0 Å². The van der Waals surface area contributed by atoms with Crippen molar-refractivity contribution in [1.82, 2.24) is 10.4 Å². The minimum atomic E-state index is -0.312. The quantitative estimate of drug-likeness (QED) is 0.685. The summed E-state index contributed by atoms with van der Waals surface area (Å²) in [5, 5.41) is 9.26. The molecular weight excluding hydrogens is 426 g/mol. The van der Waals surface area contributed by atoms with Crippen molar-refractivity contribution in [2.24, 2.45) is 5.10 Å². The summed E-state index contributed by atoms with van der Waals surface area (Å²) in [5.74, 6) is -0.524. The molecule has 0 spiro atoms. The number of rotatable bonds is 4. The van der Waals surface area contributed by atoms with E-state index in [0.29, 0.717) is 27.9 Å². The first-order valence-corrected chi connectivity index (χ1v) is 10.9. The molecule has 0 saturated carbocycles. The molecular formula is C22H23Cl2FN4O. The number of hydrogen-bond donors (Lipinski definition) is 1. The van der Waals surface area contributed by atoms with Crippen molar-refractivity contribution in [3.05, 3.63) is 63.9 Å². The molecule has 1 atom stereocenters. The highest BCUT2D eigenvalue weighted by Crippen LogP contribution is 2.39. The molecule has 2 aromatic carbocycles. The van der Waals surface area contributed by atoms with E-state index in [1.54, 1.807) is 35.3 Å². The van der Waals surface area contributed by atoms with Crippen LogP contribution in [0.3, 0.4) is 0 Å². The van der Waals surface area contributed by atoms with Crippen molar-refractivity contribution in [3.63, 3.8) is 0 Å². The van der Waals surface area contributed by atoms with Crippen molar-refractivity contribution in [2.75, 3.05) is 18.1 Å². The Hall–Kier alpha value is -2.15. The molecule has 0 radical (unpaired) electrons. The van der Waals surface area contributed by atoms with Crippen molar-refractivity contribution >= 4 is 40.5 Å². The van der Waals surface area contributed by atoms with Crippen molar-refractivity contribution in [2.45, 2.75) is 38.1 Å². The Morgan fingerprint density at radius 2 is 1.73 bits per heavy atom. The summed E-state index contributed by atoms with van der Waals surface area (Å²) in [6, 6.07) is 11.1. The van der Waals surface area contributed by atoms with Gasteiger partial charge in [0.1, 0.15) is 11.5 Å². The fraction of sp³-hybridized carbons (Fsp3) is 0.364. The maximum atomic E-state index is 13.5. The average molecular weight is 449 g/mol. The zero-order valence-electron chi connectivity index (χ0n) is 16.5. The number of hydrazone groups is 1. The van der Waals surface area contributed by atoms with E-state index in [-0.39, 0.29) is 17.8 Å². The van der Waals surface area contributed by atoms with E-state index in [4.69, 9.17) is 23.2 Å². The van der Waals surface area contributed by atoms with E-state index >= 15 is 0 Å². The summed E-state index contributed by atoms with van der Waals surface area (Å²) in [6.45, 7) is 1.68. The zero-order chi connectivity index (χ0) is 21.1. The molecule has 158 valence electrons. The number of nitrogens with one attached hydrogen (secondary N) is 1. The lowest BCUT2D eigenvalue weighted by Gasteiger charge is -2.25. The van der Waals surface area contributed by atoms with E-state index in [1.165, 1.54) is 25.0 Å². The topological polar surface area (TPSA) is 47.9 Å². The summed E-state index contributed by atoms with van der Waals surface area (Å²) in [4.78, 5) is 12.9. The van der Waals surface area contributed by atoms with Gasteiger partial charge in [-0.05, 0) is 48.7 Å². The second-order valence-corrected chi connectivity index (χ2v) is 8.44. The second-order valence-electron chi connectivity index (χ2n) is 7.60. The van der Waals surface area contributed by atoms with Crippen molar-refractivity contribution < 1.29 is 9.18 Å². The SMILES string of the molecule is O=C(NN1CCCCCC1)C1=NN(c2ccc(Cl)cc2Cl)[C@@H](c2ccc(F)cc2)C1. The van der Waals surface area contributed by atoms with Gasteiger partial charge in [-0.3, -0.25) is 15.2 Å². The number of amides is 1. The molecule has 30 heavy (non-hydrogen) atoms. The van der Waals surface area contributed by atoms with Crippen LogP contribution in [-0.2, 0) is 4.79 Å². The van der Waals surface area contributed by atoms with Gasteiger partial charge in [0.15, 0.2) is 0 Å². The normalized spacial score (nSPS) is 20.0. The number of hydrazine groups is 1. The molecule has 1 saturated heterocycles. The molecule has 2 aliphatic rings. The molecule has 0 unspecified atom stereocenters. The van der Waals surface area contributed by atoms with Crippen LogP contribution in [-0.4, -0.2) is 29.7 Å². The third-order valence-electron chi connectivity index (χ3n) is 5.45. The zero-order valence-corrected chi connectivity index (χ0v) is 18.0. The highest BCUT2D eigenvalue weighted by molar-refractivity contribution is 6.40. The maximum absolute atomic E-state index is 13.5. The first kappa shape index (κ1) is 21.1. The first-order chi connectivity index (χ1) is 14.5. The standard InChI is InChI=1S/C22H23Cl2FN4O/c23-16-7-10-20(18(24)13-16)29-21(15-5-8-17(25)9-6-15)14-19(26-29)22(30)27-28-11-3-1-2-4-12-28/h5-10,13,21H,1-4,11-12,14H2,(H,27,30)/t21-/m1/s1. The summed E-state index contributed by atoms with van der Waals surface area (Å²) in [7, 11) is 0. The van der Waals surface area contributed by atoms with Crippen LogP contribution in [0.15, 0.2) is 47.6 Å². The molecule has 5 nitrogen and oxygen atoms in total. The fourth-order valence-electron chi connectivity index (χ4n) is 3.87. The summed E-state index contributed by atoms with van der Waals surface area (Å²) >= 11 is 12.5. The Labute approximate surface area is 185 Å². The predicted molar refractivity (Wildman–Crippen MR) is 118 cm³/mol. The highest BCUT2D eigenvalue weighted by atomic mass is 35.5. The Balaban J connectivity index is 1.61. The Morgan fingerprint density at radius 1 is 1.03 bits per heavy atom. The lowest BCUT2D eigenvalue weighted by atomic mass is 10.0. The number of benzene rings is 2. The number of halogens is 3. The van der Waals surface area contributed by atoms with Gasteiger partial charge >= 0.3 is 0 Å². The van der Waals surface area contributed by atoms with Gasteiger partial charge in [0.05, 0.1) is 16.8 Å². The highest BCUT2D eigenvalue weighted by Gasteiger charge is 2.34. The summed E-state index contributed by atoms with van der Waals surface area (Å²) < 4.78 is 13.5. The third kappa shape index (κ3) is 4.77. The molecule has 0 bridgehead atoms. The Morgan fingerprint density at radius 3 is 2.40 bits per heavy atom. The van der Waals surface area contributed by atoms with Crippen LogP contribution < -0.4 is 10.4 Å². The number of anilines is 1. The fourth-order valence-corrected chi connectivity index (χ4v) is 4.37. The molecule has 1 N–H and O–H groups in total. The van der Waals surface area contributed by atoms with Gasteiger partial charge in [0, 0.05) is 24.5 Å². The van der Waals surface area contributed by atoms with Gasteiger partial charge in [0.25, 0.3) is 5.91 Å². The van der Waals surface area contributed by atoms with Gasteiger partial charge in [-0.2, -0.15) is 5.10 Å². The molecule has 8 heteroatoms. The predicted octanol–water partition coefficient (Wildman–Crippen LogP) is 5.35. The Kier molecular flexibility index (Phi) is 6.56. The van der Waals surface area contributed by atoms with Crippen LogP contribution in [0.2, 0.25) is 10.0 Å². The van der Waals surface area contributed by atoms with Crippen molar-refractivity contribution in [1.29, 1.82) is 0 Å². The van der Waals surface area contributed by atoms with Gasteiger partial charge in [-0.15, -0.1) is 0 Å². The van der Waals surface area contributed by atoms with Crippen LogP contribution in [0, 0.1) is 5.82 Å². The number of nitrogens with zero attached hydrogens (tertiary/aromatic N) is 3. The number of carbonyl (C=O) groups excluding carboxylic acids is 1. The average Bonchev–Trinajstić information content (AvgIpc) is 3.00. The first-order valence-electron chi connectivity index (χ1n) is 10.1. The molecule has 1 fully saturated rings. The number of carbonyl (C=O) groups is 1. The monoisotopic (exact) mass is 448 g/mol. The minimum Gasteiger partial charge on any atom is -0.284 e. The molecule has 2 aliphatic heterocycles. The van der Waals surface area contributed by atoms with Crippen molar-refractivity contribution in [3.8, 4) is 0 Å². The van der Waals surface area contributed by atoms with E-state index in [0.717, 1.165) is 31.5 Å². The number of hydrogen-bond acceptors (Lipinski definition) is 4. The molecule has 2 heterocycles. The van der Waals surface area contributed by atoms with E-state index in [1.807, 2.05) is 5.01 Å². The molecule has 4 rings (SSSR count). The van der Waals surface area contributed by atoms with Crippen LogP contribution >= 0.6 is 23.2 Å². The van der Waals surface area contributed by atoms with Gasteiger partial charge in [-0.25, -0.2) is 9.40 Å². The Bertz CT molecular complexity index is 943. The smallest absolute Gasteiger partial charge is 0.281 e. The summed E-state index contributed by atoms with van der Waals surface area (Å²) in [6.07, 6.45) is 4.89. The minimum absolute atomic E-state index is 0.211. The molecule has 2 aromatic rings. The van der Waals surface area contributed by atoms with E-state index in [9.17, 15) is 9.18 Å². The molecule has 0 aliphatic carbocycles. The second kappa shape index (κ2) is 9.33. The van der Waals surface area contributed by atoms with Crippen LogP contribution in [0.1, 0.15) is 43.7 Å². The van der Waals surface area contributed by atoms with Crippen LogP contribution in [0.25, 0.3) is 0 Å². The van der Waals surface area contributed by atoms with Gasteiger partial charge in [-0.1, -0.05) is 48.2 Å².